The zero-order valence-electron chi connectivity index (χ0n) is 19.8. The van der Waals surface area contributed by atoms with E-state index >= 15 is 0 Å². The maximum atomic E-state index is 14.0. The molecule has 0 saturated heterocycles. The lowest BCUT2D eigenvalue weighted by Crippen LogP contribution is -2.43. The summed E-state index contributed by atoms with van der Waals surface area (Å²) in [5.74, 6) is 1.92. The minimum Gasteiger partial charge on any atom is -0.483 e. The smallest absolute Gasteiger partial charge is 0.321 e. The van der Waals surface area contributed by atoms with Gasteiger partial charge in [-0.2, -0.15) is 0 Å². The molecular formula is C24H32FN5O3S. The van der Waals surface area contributed by atoms with Crippen molar-refractivity contribution < 1.29 is 18.7 Å². The molecule has 4 atom stereocenters. The van der Waals surface area contributed by atoms with Gasteiger partial charge in [0.15, 0.2) is 22.5 Å². The molecule has 4 rings (SSSR count). The zero-order chi connectivity index (χ0) is 24.2. The van der Waals surface area contributed by atoms with Crippen molar-refractivity contribution in [2.24, 2.45) is 17.8 Å². The van der Waals surface area contributed by atoms with Crippen LogP contribution in [0.3, 0.4) is 0 Å². The van der Waals surface area contributed by atoms with Gasteiger partial charge in [0.2, 0.25) is 5.91 Å². The fourth-order valence-electron chi connectivity index (χ4n) is 5.28. The third-order valence-corrected chi connectivity index (χ3v) is 7.70. The van der Waals surface area contributed by atoms with Gasteiger partial charge in [0.05, 0.1) is 5.75 Å². The van der Waals surface area contributed by atoms with Crippen molar-refractivity contribution in [3.05, 3.63) is 35.9 Å². The van der Waals surface area contributed by atoms with Gasteiger partial charge in [-0.1, -0.05) is 30.3 Å². The molecule has 2 fully saturated rings. The van der Waals surface area contributed by atoms with Gasteiger partial charge in [0.25, 0.3) is 0 Å². The van der Waals surface area contributed by atoms with E-state index in [9.17, 15) is 14.0 Å². The molecule has 184 valence electrons. The fourth-order valence-corrected chi connectivity index (χ4v) is 6.13. The predicted octanol–water partition coefficient (Wildman–Crippen LogP) is 4.32. The number of nitrogens with zero attached hydrogens (tertiary/aromatic N) is 3. The second kappa shape index (κ2) is 10.8. The molecule has 2 bridgehead atoms. The number of para-hydroxylation sites is 1. The minimum absolute atomic E-state index is 0.0290. The molecule has 2 aromatic rings. The Labute approximate surface area is 203 Å². The maximum Gasteiger partial charge on any atom is 0.321 e. The van der Waals surface area contributed by atoms with Gasteiger partial charge >= 0.3 is 6.03 Å². The van der Waals surface area contributed by atoms with Gasteiger partial charge in [-0.25, -0.2) is 9.18 Å². The molecular weight excluding hydrogens is 457 g/mol. The first kappa shape index (κ1) is 24.5. The Morgan fingerprint density at radius 3 is 2.68 bits per heavy atom. The highest BCUT2D eigenvalue weighted by Crippen LogP contribution is 2.52. The van der Waals surface area contributed by atoms with E-state index in [4.69, 9.17) is 4.74 Å². The van der Waals surface area contributed by atoms with Gasteiger partial charge in [0.1, 0.15) is 6.61 Å². The number of rotatable bonds is 9. The van der Waals surface area contributed by atoms with Crippen LogP contribution in [0.2, 0.25) is 0 Å². The van der Waals surface area contributed by atoms with Crippen LogP contribution in [0.4, 0.5) is 9.18 Å². The molecule has 0 unspecified atom stereocenters. The molecule has 8 nitrogen and oxygen atoms in total. The van der Waals surface area contributed by atoms with E-state index < -0.39 is 17.8 Å². The molecule has 0 spiro atoms. The number of ether oxygens (including phenoxy) is 1. The molecule has 2 saturated carbocycles. The molecule has 1 aromatic carbocycles. The molecule has 0 radical (unpaired) electrons. The molecule has 1 heterocycles. The second-order valence-electron chi connectivity index (χ2n) is 9.53. The number of benzene rings is 1. The number of carbonyl (C=O) groups is 2. The van der Waals surface area contributed by atoms with Gasteiger partial charge in [-0.15, -0.1) is 10.2 Å². The molecule has 1 aromatic heterocycles. The fraction of sp³-hybridized carbons (Fsp3) is 0.583. The van der Waals surface area contributed by atoms with Crippen LogP contribution in [0.1, 0.15) is 58.3 Å². The van der Waals surface area contributed by atoms with Gasteiger partial charge in [0, 0.05) is 12.1 Å². The Bertz CT molecular complexity index is 1030. The van der Waals surface area contributed by atoms with Crippen molar-refractivity contribution >= 4 is 23.7 Å². The summed E-state index contributed by atoms with van der Waals surface area (Å²) in [5.41, 5.74) is 0. The number of halogens is 1. The first-order valence-corrected chi connectivity index (χ1v) is 12.8. The number of nitrogens with one attached hydrogen (secondary N) is 2. The summed E-state index contributed by atoms with van der Waals surface area (Å²) in [5, 5.41) is 14.2. The molecule has 2 aliphatic carbocycles. The maximum absolute atomic E-state index is 14.0. The molecule has 10 heteroatoms. The number of thioether (sulfide) groups is 1. The lowest BCUT2D eigenvalue weighted by molar-refractivity contribution is -0.117. The summed E-state index contributed by atoms with van der Waals surface area (Å²) < 4.78 is 21.8. The summed E-state index contributed by atoms with van der Waals surface area (Å²) in [4.78, 5) is 24.1. The Hall–Kier alpha value is -2.62. The lowest BCUT2D eigenvalue weighted by Gasteiger charge is -2.30. The molecule has 2 aliphatic rings. The van der Waals surface area contributed by atoms with Crippen LogP contribution in [0.25, 0.3) is 0 Å². The Kier molecular flexibility index (Phi) is 7.75. The zero-order valence-corrected chi connectivity index (χ0v) is 20.6. The van der Waals surface area contributed by atoms with Crippen LogP contribution in [0.5, 0.6) is 5.75 Å². The van der Waals surface area contributed by atoms with Crippen LogP contribution in [-0.4, -0.2) is 38.5 Å². The predicted molar refractivity (Wildman–Crippen MR) is 127 cm³/mol. The van der Waals surface area contributed by atoms with Gasteiger partial charge < -0.3 is 10.1 Å². The summed E-state index contributed by atoms with van der Waals surface area (Å²) in [6.07, 6.45) is 5.00. The van der Waals surface area contributed by atoms with Crippen LogP contribution < -0.4 is 15.4 Å². The summed E-state index contributed by atoms with van der Waals surface area (Å²) in [6.45, 7) is 5.89. The van der Waals surface area contributed by atoms with Crippen molar-refractivity contribution in [3.63, 3.8) is 0 Å². The average Bonchev–Trinajstić information content (AvgIpc) is 3.52. The number of carbonyl (C=O) groups excluding carboxylic acids is 2. The van der Waals surface area contributed by atoms with Crippen molar-refractivity contribution in [3.8, 4) is 5.75 Å². The first-order valence-electron chi connectivity index (χ1n) is 11.9. The molecule has 3 amide bonds. The van der Waals surface area contributed by atoms with E-state index in [0.717, 1.165) is 5.92 Å². The summed E-state index contributed by atoms with van der Waals surface area (Å²) >= 11 is 1.24. The van der Waals surface area contributed by atoms with E-state index in [-0.39, 0.29) is 30.2 Å². The molecule has 0 aliphatic heterocycles. The average molecular weight is 490 g/mol. The second-order valence-corrected chi connectivity index (χ2v) is 10.5. The number of imide groups is 1. The topological polar surface area (TPSA) is 98.1 Å². The normalized spacial score (nSPS) is 22.1. The van der Waals surface area contributed by atoms with E-state index in [1.165, 1.54) is 43.5 Å². The highest BCUT2D eigenvalue weighted by atomic mass is 32.2. The van der Waals surface area contributed by atoms with Crippen LogP contribution in [0, 0.1) is 23.6 Å². The van der Waals surface area contributed by atoms with Crippen molar-refractivity contribution in [1.29, 1.82) is 0 Å². The highest BCUT2D eigenvalue weighted by molar-refractivity contribution is 7.99. The van der Waals surface area contributed by atoms with E-state index in [0.29, 0.717) is 22.8 Å². The summed E-state index contributed by atoms with van der Waals surface area (Å²) in [7, 11) is 0. The number of aromatic nitrogens is 3. The molecule has 2 N–H and O–H groups in total. The van der Waals surface area contributed by atoms with E-state index in [2.05, 4.69) is 27.8 Å². The first-order chi connectivity index (χ1) is 16.3. The van der Waals surface area contributed by atoms with Crippen LogP contribution in [-0.2, 0) is 11.4 Å². The van der Waals surface area contributed by atoms with Gasteiger partial charge in [-0.05, 0) is 69.9 Å². The lowest BCUT2D eigenvalue weighted by atomic mass is 9.84. The Balaban J connectivity index is 1.48. The summed E-state index contributed by atoms with van der Waals surface area (Å²) in [6, 6.07) is 5.81. The Morgan fingerprint density at radius 2 is 2.00 bits per heavy atom. The van der Waals surface area contributed by atoms with Crippen molar-refractivity contribution in [2.45, 2.75) is 70.3 Å². The van der Waals surface area contributed by atoms with E-state index in [1.807, 2.05) is 18.4 Å². The quantitative estimate of drug-likeness (QED) is 0.509. The number of amides is 3. The number of urea groups is 1. The van der Waals surface area contributed by atoms with Crippen molar-refractivity contribution in [1.82, 2.24) is 25.4 Å². The number of hydrogen-bond donors (Lipinski definition) is 2. The Morgan fingerprint density at radius 1 is 1.21 bits per heavy atom. The third kappa shape index (κ3) is 5.71. The highest BCUT2D eigenvalue weighted by Gasteiger charge is 2.43. The standard InChI is InChI=1S/C24H32FN5O3S/c1-14(2)26-23(32)27-22(31)13-34-24-29-28-21(12-33-20-7-5-4-6-19(20)25)30(24)15(3)18-11-16-8-9-17(18)10-16/h4-7,14-18H,8-13H2,1-3H3,(H2,26,27,31,32)/t15-,16-,17-,18+/m0/s1. The SMILES string of the molecule is CC(C)NC(=O)NC(=O)CSc1nnc(COc2ccccc2F)n1[C@@H](C)[C@H]1C[C@H]2CC[C@H]1C2. The number of fused-ring (bicyclic) bond motifs is 2. The van der Waals surface area contributed by atoms with Crippen LogP contribution in [0.15, 0.2) is 29.4 Å². The van der Waals surface area contributed by atoms with Crippen LogP contribution >= 0.6 is 11.8 Å². The third-order valence-electron chi connectivity index (χ3n) is 6.75. The van der Waals surface area contributed by atoms with Crippen molar-refractivity contribution in [2.75, 3.05) is 5.75 Å². The number of hydrogen-bond acceptors (Lipinski definition) is 6. The monoisotopic (exact) mass is 489 g/mol. The van der Waals surface area contributed by atoms with Gasteiger partial charge in [-0.3, -0.25) is 14.7 Å². The minimum atomic E-state index is -0.517. The molecule has 34 heavy (non-hydrogen) atoms. The van der Waals surface area contributed by atoms with E-state index in [1.54, 1.807) is 18.2 Å². The largest absolute Gasteiger partial charge is 0.483 e.